The Hall–Kier alpha value is -0.570. The molecule has 0 amide bonds. The summed E-state index contributed by atoms with van der Waals surface area (Å²) in [6.07, 6.45) is 2.52. The molecule has 2 bridgehead atoms. The number of hydrogen-bond donors (Lipinski definition) is 2. The van der Waals surface area contributed by atoms with Gasteiger partial charge in [-0.05, 0) is 19.3 Å². The SMILES string of the molecule is CC(C)NC12CC(C(=O)O)(C1)C2. The summed E-state index contributed by atoms with van der Waals surface area (Å²) in [5.41, 5.74) is -0.131. The van der Waals surface area contributed by atoms with Gasteiger partial charge in [0.25, 0.3) is 0 Å². The molecule has 3 rings (SSSR count). The normalized spacial score (nSPS) is 43.6. The highest BCUT2D eigenvalue weighted by molar-refractivity contribution is 5.80. The van der Waals surface area contributed by atoms with Crippen molar-refractivity contribution in [3.63, 3.8) is 0 Å². The molecule has 2 N–H and O–H groups in total. The Morgan fingerprint density at radius 2 is 1.92 bits per heavy atom. The summed E-state index contributed by atoms with van der Waals surface area (Å²) in [4.78, 5) is 10.7. The molecule has 12 heavy (non-hydrogen) atoms. The van der Waals surface area contributed by atoms with Crippen LogP contribution in [0.4, 0.5) is 0 Å². The number of carbonyl (C=O) groups is 1. The molecule has 3 aliphatic carbocycles. The minimum atomic E-state index is -0.602. The van der Waals surface area contributed by atoms with Crippen molar-refractivity contribution in [2.24, 2.45) is 5.41 Å². The molecule has 0 radical (unpaired) electrons. The smallest absolute Gasteiger partial charge is 0.309 e. The Bertz CT molecular complexity index is 215. The van der Waals surface area contributed by atoms with Gasteiger partial charge in [0.15, 0.2) is 0 Å². The number of nitrogens with one attached hydrogen (secondary N) is 1. The zero-order valence-electron chi connectivity index (χ0n) is 7.55. The van der Waals surface area contributed by atoms with E-state index in [0.29, 0.717) is 6.04 Å². The first-order valence-electron chi connectivity index (χ1n) is 4.49. The van der Waals surface area contributed by atoms with Gasteiger partial charge in [-0.3, -0.25) is 4.79 Å². The molecule has 0 aromatic carbocycles. The van der Waals surface area contributed by atoms with Crippen LogP contribution >= 0.6 is 0 Å². The van der Waals surface area contributed by atoms with Crippen LogP contribution in [0.25, 0.3) is 0 Å². The first-order chi connectivity index (χ1) is 5.48. The highest BCUT2D eigenvalue weighted by Crippen LogP contribution is 2.67. The van der Waals surface area contributed by atoms with Crippen LogP contribution in [-0.4, -0.2) is 22.7 Å². The predicted molar refractivity (Wildman–Crippen MR) is 44.9 cm³/mol. The first-order valence-corrected chi connectivity index (χ1v) is 4.49. The second-order valence-corrected chi connectivity index (χ2v) is 4.70. The van der Waals surface area contributed by atoms with E-state index in [9.17, 15) is 4.79 Å². The van der Waals surface area contributed by atoms with Gasteiger partial charge in [0.05, 0.1) is 5.41 Å². The van der Waals surface area contributed by atoms with Crippen LogP contribution in [0.2, 0.25) is 0 Å². The summed E-state index contributed by atoms with van der Waals surface area (Å²) >= 11 is 0. The van der Waals surface area contributed by atoms with E-state index < -0.39 is 5.97 Å². The van der Waals surface area contributed by atoms with E-state index in [1.54, 1.807) is 0 Å². The maximum absolute atomic E-state index is 10.7. The van der Waals surface area contributed by atoms with Crippen molar-refractivity contribution in [3.8, 4) is 0 Å². The molecule has 0 heterocycles. The van der Waals surface area contributed by atoms with Gasteiger partial charge in [-0.2, -0.15) is 0 Å². The average Bonchev–Trinajstić information content (AvgIpc) is 1.72. The summed E-state index contributed by atoms with van der Waals surface area (Å²) in [5.74, 6) is -0.602. The molecule has 0 aromatic rings. The Morgan fingerprint density at radius 1 is 1.42 bits per heavy atom. The largest absolute Gasteiger partial charge is 0.481 e. The van der Waals surface area contributed by atoms with Gasteiger partial charge in [-0.25, -0.2) is 0 Å². The van der Waals surface area contributed by atoms with E-state index in [2.05, 4.69) is 19.2 Å². The molecule has 3 aliphatic rings. The lowest BCUT2D eigenvalue weighted by Crippen LogP contribution is -2.77. The van der Waals surface area contributed by atoms with E-state index in [-0.39, 0.29) is 11.0 Å². The van der Waals surface area contributed by atoms with E-state index in [1.165, 1.54) is 0 Å². The quantitative estimate of drug-likeness (QED) is 0.662. The Morgan fingerprint density at radius 3 is 2.25 bits per heavy atom. The van der Waals surface area contributed by atoms with Crippen LogP contribution in [0.1, 0.15) is 33.1 Å². The lowest BCUT2D eigenvalue weighted by molar-refractivity contribution is -0.200. The van der Waals surface area contributed by atoms with Crippen LogP contribution in [0.5, 0.6) is 0 Å². The molecule has 3 heteroatoms. The minimum Gasteiger partial charge on any atom is -0.481 e. The van der Waals surface area contributed by atoms with Gasteiger partial charge in [0.1, 0.15) is 0 Å². The third-order valence-corrected chi connectivity index (χ3v) is 3.08. The van der Waals surface area contributed by atoms with Gasteiger partial charge in [-0.1, -0.05) is 13.8 Å². The van der Waals surface area contributed by atoms with Gasteiger partial charge >= 0.3 is 5.97 Å². The zero-order chi connectivity index (χ0) is 8.98. The lowest BCUT2D eigenvalue weighted by Gasteiger charge is -2.68. The number of carboxylic acids is 1. The summed E-state index contributed by atoms with van der Waals surface area (Å²) in [6, 6.07) is 0.470. The lowest BCUT2D eigenvalue weighted by atomic mass is 9.39. The fourth-order valence-electron chi connectivity index (χ4n) is 2.78. The molecule has 68 valence electrons. The maximum atomic E-state index is 10.7. The zero-order valence-corrected chi connectivity index (χ0v) is 7.55. The molecule has 0 unspecified atom stereocenters. The number of aliphatic carboxylic acids is 1. The molecular formula is C9H15NO2. The van der Waals surface area contributed by atoms with E-state index in [1.807, 2.05) is 0 Å². The molecule has 3 nitrogen and oxygen atoms in total. The summed E-state index contributed by atoms with van der Waals surface area (Å²) in [6.45, 7) is 4.21. The third kappa shape index (κ3) is 0.829. The van der Waals surface area contributed by atoms with E-state index in [4.69, 9.17) is 5.11 Å². The Balaban J connectivity index is 1.91. The van der Waals surface area contributed by atoms with Crippen molar-refractivity contribution in [1.29, 1.82) is 0 Å². The number of carboxylic acid groups (broad SMARTS) is 1. The third-order valence-electron chi connectivity index (χ3n) is 3.08. The molecular weight excluding hydrogens is 154 g/mol. The number of rotatable bonds is 3. The fourth-order valence-corrected chi connectivity index (χ4v) is 2.78. The second-order valence-electron chi connectivity index (χ2n) is 4.70. The van der Waals surface area contributed by atoms with Crippen molar-refractivity contribution in [3.05, 3.63) is 0 Å². The molecule has 0 atom stereocenters. The molecule has 3 saturated carbocycles. The van der Waals surface area contributed by atoms with Crippen molar-refractivity contribution in [2.75, 3.05) is 0 Å². The van der Waals surface area contributed by atoms with Gasteiger partial charge < -0.3 is 10.4 Å². The first kappa shape index (κ1) is 8.05. The van der Waals surface area contributed by atoms with E-state index in [0.717, 1.165) is 19.3 Å². The van der Waals surface area contributed by atoms with Gasteiger partial charge in [0.2, 0.25) is 0 Å². The maximum Gasteiger partial charge on any atom is 0.309 e. The highest BCUT2D eigenvalue weighted by atomic mass is 16.4. The van der Waals surface area contributed by atoms with E-state index >= 15 is 0 Å². The fraction of sp³-hybridized carbons (Fsp3) is 0.889. The number of hydrogen-bond acceptors (Lipinski definition) is 2. The average molecular weight is 169 g/mol. The summed E-state index contributed by atoms with van der Waals surface area (Å²) < 4.78 is 0. The summed E-state index contributed by atoms with van der Waals surface area (Å²) in [5, 5.41) is 12.3. The Kier molecular flexibility index (Phi) is 1.35. The van der Waals surface area contributed by atoms with Crippen LogP contribution in [0.15, 0.2) is 0 Å². The van der Waals surface area contributed by atoms with Crippen LogP contribution in [-0.2, 0) is 4.79 Å². The molecule has 0 saturated heterocycles. The van der Waals surface area contributed by atoms with Crippen LogP contribution in [0.3, 0.4) is 0 Å². The highest BCUT2D eigenvalue weighted by Gasteiger charge is 2.71. The van der Waals surface area contributed by atoms with Crippen molar-refractivity contribution in [1.82, 2.24) is 5.32 Å². The Labute approximate surface area is 72.2 Å². The summed E-state index contributed by atoms with van der Waals surface area (Å²) in [7, 11) is 0. The van der Waals surface area contributed by atoms with Crippen molar-refractivity contribution >= 4 is 5.97 Å². The topological polar surface area (TPSA) is 49.3 Å². The minimum absolute atomic E-state index is 0.201. The van der Waals surface area contributed by atoms with Crippen LogP contribution in [0, 0.1) is 5.41 Å². The predicted octanol–water partition coefficient (Wildman–Crippen LogP) is 0.992. The monoisotopic (exact) mass is 169 g/mol. The van der Waals surface area contributed by atoms with Gasteiger partial charge in [-0.15, -0.1) is 0 Å². The van der Waals surface area contributed by atoms with Crippen molar-refractivity contribution < 1.29 is 9.90 Å². The van der Waals surface area contributed by atoms with Crippen LogP contribution < -0.4 is 5.32 Å². The molecule has 0 spiro atoms. The van der Waals surface area contributed by atoms with Crippen molar-refractivity contribution in [2.45, 2.75) is 44.7 Å². The molecule has 3 fully saturated rings. The second kappa shape index (κ2) is 2.02. The molecule has 0 aliphatic heterocycles. The van der Waals surface area contributed by atoms with Gasteiger partial charge in [0, 0.05) is 11.6 Å². The molecule has 0 aromatic heterocycles. The standard InChI is InChI=1S/C9H15NO2/c1-6(2)10-9-3-8(4-9,5-9)7(11)12/h6,10H,3-5H2,1-2H3,(H,11,12).